The second-order valence-electron chi connectivity index (χ2n) is 13.6. The number of hydrogen-bond donors (Lipinski definition) is 2. The first-order valence-corrected chi connectivity index (χ1v) is 21.4. The quantitative estimate of drug-likeness (QED) is 0.0381. The number of esters is 1. The first-order chi connectivity index (χ1) is 22.4. The van der Waals surface area contributed by atoms with Crippen LogP contribution in [0.15, 0.2) is 0 Å². The third-order valence-electron chi connectivity index (χ3n) is 8.91. The van der Waals surface area contributed by atoms with Crippen molar-refractivity contribution in [2.24, 2.45) is 0 Å². The van der Waals surface area contributed by atoms with Gasteiger partial charge in [0.05, 0.1) is 13.2 Å². The van der Waals surface area contributed by atoms with E-state index in [-0.39, 0.29) is 19.2 Å². The van der Waals surface area contributed by atoms with Crippen molar-refractivity contribution in [3.63, 3.8) is 0 Å². The first kappa shape index (κ1) is 45.5. The smallest absolute Gasteiger partial charge is 0.457 e. The predicted molar refractivity (Wildman–Crippen MR) is 193 cm³/mol. The van der Waals surface area contributed by atoms with Crippen molar-refractivity contribution < 1.29 is 33.1 Å². The fourth-order valence-electron chi connectivity index (χ4n) is 5.97. The molecule has 0 unspecified atom stereocenters. The van der Waals surface area contributed by atoms with Gasteiger partial charge in [-0.1, -0.05) is 194 Å². The number of phosphoric ester groups is 1. The molecule has 0 spiro atoms. The van der Waals surface area contributed by atoms with Crippen molar-refractivity contribution in [1.29, 1.82) is 0 Å². The van der Waals surface area contributed by atoms with E-state index < -0.39 is 13.9 Å². The van der Waals surface area contributed by atoms with Crippen LogP contribution in [0, 0.1) is 0 Å². The van der Waals surface area contributed by atoms with E-state index in [0.29, 0.717) is 13.0 Å². The molecule has 0 aromatic heterocycles. The number of phosphoric acid groups is 1. The molecule has 0 fully saturated rings. The zero-order valence-electron chi connectivity index (χ0n) is 30.5. The lowest BCUT2D eigenvalue weighted by Crippen LogP contribution is -2.28. The van der Waals surface area contributed by atoms with E-state index in [4.69, 9.17) is 19.3 Å². The maximum absolute atomic E-state index is 12.3. The summed E-state index contributed by atoms with van der Waals surface area (Å²) in [4.78, 5) is 30.4. The summed E-state index contributed by atoms with van der Waals surface area (Å²) in [6.07, 6.45) is 38.2. The molecule has 0 bridgehead atoms. The molecule has 0 saturated carbocycles. The Bertz CT molecular complexity index is 669. The number of hydrogen-bond acceptors (Lipinski definition) is 5. The fraction of sp³-hybridized carbons (Fsp3) is 0.974. The lowest BCUT2D eigenvalue weighted by molar-refractivity contribution is -0.154. The molecule has 0 aliphatic heterocycles. The highest BCUT2D eigenvalue weighted by molar-refractivity contribution is 7.46. The summed E-state index contributed by atoms with van der Waals surface area (Å²) < 4.78 is 26.9. The summed E-state index contributed by atoms with van der Waals surface area (Å²) in [6.45, 7) is 4.77. The zero-order valence-corrected chi connectivity index (χ0v) is 31.4. The van der Waals surface area contributed by atoms with Gasteiger partial charge in [0, 0.05) is 13.0 Å². The van der Waals surface area contributed by atoms with Crippen molar-refractivity contribution in [2.45, 2.75) is 219 Å². The monoisotopic (exact) mass is 677 g/mol. The van der Waals surface area contributed by atoms with Crippen LogP contribution in [0.5, 0.6) is 0 Å². The lowest BCUT2D eigenvalue weighted by Gasteiger charge is -2.18. The molecule has 0 saturated heterocycles. The molecule has 0 heterocycles. The second kappa shape index (κ2) is 35.8. The maximum atomic E-state index is 12.3. The van der Waals surface area contributed by atoms with Gasteiger partial charge in [0.25, 0.3) is 0 Å². The molecule has 276 valence electrons. The third-order valence-corrected chi connectivity index (χ3v) is 9.39. The Hall–Kier alpha value is -0.460. The summed E-state index contributed by atoms with van der Waals surface area (Å²) in [5.41, 5.74) is 0. The Morgan fingerprint density at radius 2 is 0.826 bits per heavy atom. The number of ether oxygens (including phenoxy) is 2. The number of carbonyl (C=O) groups is 1. The van der Waals surface area contributed by atoms with Gasteiger partial charge in [-0.25, -0.2) is 4.57 Å². The van der Waals surface area contributed by atoms with Crippen molar-refractivity contribution in [2.75, 3.05) is 19.8 Å². The molecular weight excluding hydrogens is 599 g/mol. The SMILES string of the molecule is CCCCCCCCCCCCCCCCCCCCCCOC[C@H](COP(=O)(O)O)OC(=O)CCCCCCCCCCCC. The fourth-order valence-corrected chi connectivity index (χ4v) is 6.33. The normalized spacial score (nSPS) is 12.5. The molecule has 0 amide bonds. The van der Waals surface area contributed by atoms with Crippen LogP contribution in [0.2, 0.25) is 0 Å². The van der Waals surface area contributed by atoms with Crippen LogP contribution in [0.25, 0.3) is 0 Å². The first-order valence-electron chi connectivity index (χ1n) is 19.9. The van der Waals surface area contributed by atoms with Crippen LogP contribution in [-0.4, -0.2) is 41.7 Å². The average Bonchev–Trinajstić information content (AvgIpc) is 3.02. The van der Waals surface area contributed by atoms with Crippen LogP contribution in [0.3, 0.4) is 0 Å². The highest BCUT2D eigenvalue weighted by atomic mass is 31.2. The minimum atomic E-state index is -4.64. The van der Waals surface area contributed by atoms with Crippen molar-refractivity contribution in [3.8, 4) is 0 Å². The third kappa shape index (κ3) is 38.0. The topological polar surface area (TPSA) is 102 Å². The van der Waals surface area contributed by atoms with Gasteiger partial charge in [-0.05, 0) is 12.8 Å². The van der Waals surface area contributed by atoms with Gasteiger partial charge in [0.2, 0.25) is 0 Å². The van der Waals surface area contributed by atoms with Gasteiger partial charge in [-0.2, -0.15) is 0 Å². The van der Waals surface area contributed by atoms with Gasteiger partial charge < -0.3 is 19.3 Å². The molecule has 0 aliphatic carbocycles. The van der Waals surface area contributed by atoms with Crippen molar-refractivity contribution >= 4 is 13.8 Å². The van der Waals surface area contributed by atoms with Crippen LogP contribution in [0.1, 0.15) is 213 Å². The molecular formula is C38H77O7P. The van der Waals surface area contributed by atoms with E-state index in [9.17, 15) is 9.36 Å². The highest BCUT2D eigenvalue weighted by Crippen LogP contribution is 2.36. The molecule has 8 heteroatoms. The van der Waals surface area contributed by atoms with Gasteiger partial charge in [0.1, 0.15) is 6.10 Å². The molecule has 7 nitrogen and oxygen atoms in total. The minimum Gasteiger partial charge on any atom is -0.457 e. The predicted octanol–water partition coefficient (Wildman–Crippen LogP) is 12.2. The van der Waals surface area contributed by atoms with Gasteiger partial charge >= 0.3 is 13.8 Å². The van der Waals surface area contributed by atoms with Gasteiger partial charge in [-0.15, -0.1) is 0 Å². The van der Waals surface area contributed by atoms with Crippen LogP contribution in [0.4, 0.5) is 0 Å². The summed E-state index contributed by atoms with van der Waals surface area (Å²) >= 11 is 0. The standard InChI is InChI=1S/C38H77O7P/c1-3-5-7-9-11-13-15-16-17-18-19-20-21-22-23-24-26-28-30-32-34-43-35-37(36-44-46(40,41)42)45-38(39)33-31-29-27-25-14-12-10-8-6-4-2/h37H,3-36H2,1-2H3,(H2,40,41,42)/t37-/m1/s1. The summed E-state index contributed by atoms with van der Waals surface area (Å²) in [6, 6.07) is 0. The number of carbonyl (C=O) groups excluding carboxylic acids is 1. The van der Waals surface area contributed by atoms with E-state index in [0.717, 1.165) is 32.1 Å². The summed E-state index contributed by atoms with van der Waals surface area (Å²) in [7, 11) is -4.64. The molecule has 0 aromatic carbocycles. The Labute approximate surface area is 285 Å². The minimum absolute atomic E-state index is 0.0862. The van der Waals surface area contributed by atoms with Gasteiger partial charge in [0.15, 0.2) is 0 Å². The van der Waals surface area contributed by atoms with E-state index in [1.807, 2.05) is 0 Å². The number of rotatable bonds is 38. The maximum Gasteiger partial charge on any atom is 0.469 e. The largest absolute Gasteiger partial charge is 0.469 e. The molecule has 2 N–H and O–H groups in total. The Balaban J connectivity index is 3.69. The summed E-state index contributed by atoms with van der Waals surface area (Å²) in [5, 5.41) is 0. The van der Waals surface area contributed by atoms with Crippen LogP contribution >= 0.6 is 7.82 Å². The Morgan fingerprint density at radius 3 is 1.17 bits per heavy atom. The van der Waals surface area contributed by atoms with E-state index in [2.05, 4.69) is 18.4 Å². The zero-order chi connectivity index (χ0) is 33.8. The molecule has 46 heavy (non-hydrogen) atoms. The Kier molecular flexibility index (Phi) is 35.5. The molecule has 0 radical (unpaired) electrons. The molecule has 0 rings (SSSR count). The van der Waals surface area contributed by atoms with Crippen LogP contribution < -0.4 is 0 Å². The van der Waals surface area contributed by atoms with Crippen LogP contribution in [-0.2, 0) is 23.4 Å². The van der Waals surface area contributed by atoms with E-state index >= 15 is 0 Å². The summed E-state index contributed by atoms with van der Waals surface area (Å²) in [5.74, 6) is -0.360. The molecule has 0 aromatic rings. The molecule has 1 atom stereocenters. The highest BCUT2D eigenvalue weighted by Gasteiger charge is 2.21. The van der Waals surface area contributed by atoms with Crippen molar-refractivity contribution in [1.82, 2.24) is 0 Å². The second-order valence-corrected chi connectivity index (χ2v) is 14.9. The Morgan fingerprint density at radius 1 is 0.500 bits per heavy atom. The van der Waals surface area contributed by atoms with E-state index in [1.54, 1.807) is 0 Å². The van der Waals surface area contributed by atoms with E-state index in [1.165, 1.54) is 161 Å². The lowest BCUT2D eigenvalue weighted by atomic mass is 10.0. The number of unbranched alkanes of at least 4 members (excludes halogenated alkanes) is 28. The molecule has 0 aliphatic rings. The van der Waals surface area contributed by atoms with Gasteiger partial charge in [-0.3, -0.25) is 9.32 Å². The van der Waals surface area contributed by atoms with Crippen molar-refractivity contribution in [3.05, 3.63) is 0 Å². The average molecular weight is 677 g/mol.